The van der Waals surface area contributed by atoms with E-state index in [1.54, 1.807) is 13.4 Å². The fourth-order valence-electron chi connectivity index (χ4n) is 2.46. The molecule has 1 unspecified atom stereocenters. The minimum atomic E-state index is 0.0299. The summed E-state index contributed by atoms with van der Waals surface area (Å²) < 4.78 is 5.08. The van der Waals surface area contributed by atoms with Crippen molar-refractivity contribution in [1.29, 1.82) is 0 Å². The number of hydrogen-bond donors (Lipinski definition) is 1. The minimum absolute atomic E-state index is 0.0299. The Bertz CT molecular complexity index is 368. The molecule has 2 rings (SSSR count). The lowest BCUT2D eigenvalue weighted by Gasteiger charge is -2.14. The summed E-state index contributed by atoms with van der Waals surface area (Å²) in [6, 6.07) is 0.0299. The van der Waals surface area contributed by atoms with E-state index in [0.29, 0.717) is 6.61 Å². The first-order valence-electron chi connectivity index (χ1n) is 6.37. The number of methoxy groups -OCH3 is 1. The number of fused-ring (bicyclic) bond motifs is 1. The van der Waals surface area contributed by atoms with Crippen LogP contribution in [0.15, 0.2) is 6.33 Å². The van der Waals surface area contributed by atoms with E-state index in [-0.39, 0.29) is 6.04 Å². The molecule has 1 aromatic rings. The van der Waals surface area contributed by atoms with E-state index >= 15 is 0 Å². The first-order chi connectivity index (χ1) is 8.31. The summed E-state index contributed by atoms with van der Waals surface area (Å²) in [5.74, 6) is 0. The van der Waals surface area contributed by atoms with E-state index < -0.39 is 0 Å². The van der Waals surface area contributed by atoms with E-state index in [9.17, 15) is 0 Å². The Hall–Kier alpha value is -1.00. The third-order valence-electron chi connectivity index (χ3n) is 3.30. The molecule has 0 fully saturated rings. The first-order valence-corrected chi connectivity index (χ1v) is 6.37. The zero-order chi connectivity index (χ0) is 12.1. The van der Waals surface area contributed by atoms with Gasteiger partial charge >= 0.3 is 0 Å². The van der Waals surface area contributed by atoms with Crippen LogP contribution in [0.4, 0.5) is 0 Å². The lowest BCUT2D eigenvalue weighted by atomic mass is 10.0. The molecule has 4 nitrogen and oxygen atoms in total. The van der Waals surface area contributed by atoms with Crippen LogP contribution in [-0.2, 0) is 24.0 Å². The number of hydrogen-bond acceptors (Lipinski definition) is 4. The van der Waals surface area contributed by atoms with E-state index in [2.05, 4.69) is 9.97 Å². The predicted octanol–water partition coefficient (Wildman–Crippen LogP) is 1.26. The van der Waals surface area contributed by atoms with E-state index in [0.717, 1.165) is 25.0 Å². The number of nitrogens with zero attached hydrogens (tertiary/aromatic N) is 2. The summed E-state index contributed by atoms with van der Waals surface area (Å²) in [6.45, 7) is 0.582. The van der Waals surface area contributed by atoms with Crippen LogP contribution in [0.25, 0.3) is 0 Å². The molecule has 0 aliphatic heterocycles. The number of rotatable bonds is 4. The zero-order valence-corrected chi connectivity index (χ0v) is 10.5. The number of nitrogens with two attached hydrogens (primary N) is 1. The lowest BCUT2D eigenvalue weighted by molar-refractivity contribution is 0.179. The van der Waals surface area contributed by atoms with Gasteiger partial charge in [0.1, 0.15) is 6.33 Å². The van der Waals surface area contributed by atoms with Gasteiger partial charge < -0.3 is 10.5 Å². The smallest absolute Gasteiger partial charge is 0.115 e. The summed E-state index contributed by atoms with van der Waals surface area (Å²) in [5, 5.41) is 0. The summed E-state index contributed by atoms with van der Waals surface area (Å²) in [4.78, 5) is 8.82. The minimum Gasteiger partial charge on any atom is -0.383 e. The van der Waals surface area contributed by atoms with Gasteiger partial charge in [-0.15, -0.1) is 0 Å². The molecule has 0 saturated heterocycles. The molecule has 0 radical (unpaired) electrons. The van der Waals surface area contributed by atoms with Gasteiger partial charge in [-0.05, 0) is 31.2 Å². The van der Waals surface area contributed by atoms with Gasteiger partial charge in [0.05, 0.1) is 6.61 Å². The van der Waals surface area contributed by atoms with Gasteiger partial charge in [0.25, 0.3) is 0 Å². The molecule has 0 saturated carbocycles. The van der Waals surface area contributed by atoms with Crippen molar-refractivity contribution in [1.82, 2.24) is 9.97 Å². The SMILES string of the molecule is COCC(N)Cc1ncnc2c1CCCCC2. The Morgan fingerprint density at radius 1 is 1.29 bits per heavy atom. The molecule has 0 aromatic carbocycles. The molecule has 1 aliphatic carbocycles. The molecule has 17 heavy (non-hydrogen) atoms. The highest BCUT2D eigenvalue weighted by atomic mass is 16.5. The van der Waals surface area contributed by atoms with E-state index in [1.165, 1.54) is 30.5 Å². The van der Waals surface area contributed by atoms with Crippen LogP contribution < -0.4 is 5.73 Å². The molecule has 94 valence electrons. The maximum atomic E-state index is 6.00. The van der Waals surface area contributed by atoms with Crippen LogP contribution in [0, 0.1) is 0 Å². The van der Waals surface area contributed by atoms with Gasteiger partial charge in [0, 0.05) is 31.0 Å². The molecule has 2 N–H and O–H groups in total. The average Bonchev–Trinajstić information content (AvgIpc) is 2.55. The van der Waals surface area contributed by atoms with Gasteiger partial charge in [0.15, 0.2) is 0 Å². The van der Waals surface area contributed by atoms with Crippen molar-refractivity contribution in [2.45, 2.75) is 44.6 Å². The lowest BCUT2D eigenvalue weighted by Crippen LogP contribution is -2.29. The molecule has 0 amide bonds. The molecule has 1 atom stereocenters. The highest BCUT2D eigenvalue weighted by Crippen LogP contribution is 2.21. The fourth-order valence-corrected chi connectivity index (χ4v) is 2.46. The van der Waals surface area contributed by atoms with Gasteiger partial charge in [-0.3, -0.25) is 0 Å². The Morgan fingerprint density at radius 3 is 2.94 bits per heavy atom. The molecule has 0 bridgehead atoms. The van der Waals surface area contributed by atoms with E-state index in [1.807, 2.05) is 0 Å². The average molecular weight is 235 g/mol. The fraction of sp³-hybridized carbons (Fsp3) is 0.692. The Balaban J connectivity index is 2.16. The van der Waals surface area contributed by atoms with Crippen LogP contribution in [-0.4, -0.2) is 29.7 Å². The first kappa shape index (κ1) is 12.5. The van der Waals surface area contributed by atoms with Crippen molar-refractivity contribution in [2.24, 2.45) is 5.73 Å². The number of aryl methyl sites for hydroxylation is 1. The molecular weight excluding hydrogens is 214 g/mol. The van der Waals surface area contributed by atoms with Crippen LogP contribution in [0.3, 0.4) is 0 Å². The summed E-state index contributed by atoms with van der Waals surface area (Å²) >= 11 is 0. The van der Waals surface area contributed by atoms with E-state index in [4.69, 9.17) is 10.5 Å². The van der Waals surface area contributed by atoms with Crippen molar-refractivity contribution in [2.75, 3.05) is 13.7 Å². The van der Waals surface area contributed by atoms with Crippen molar-refractivity contribution in [3.63, 3.8) is 0 Å². The molecule has 1 aliphatic rings. The maximum Gasteiger partial charge on any atom is 0.115 e. The summed E-state index contributed by atoms with van der Waals surface area (Å²) in [6.07, 6.45) is 8.44. The van der Waals surface area contributed by atoms with Crippen molar-refractivity contribution >= 4 is 0 Å². The molecular formula is C13H21N3O. The highest BCUT2D eigenvalue weighted by Gasteiger charge is 2.16. The Kier molecular flexibility index (Phi) is 4.45. The quantitative estimate of drug-likeness (QED) is 0.798. The second kappa shape index (κ2) is 6.07. The monoisotopic (exact) mass is 235 g/mol. The normalized spacial score (nSPS) is 17.3. The molecule has 1 heterocycles. The predicted molar refractivity (Wildman–Crippen MR) is 66.8 cm³/mol. The maximum absolute atomic E-state index is 6.00. The van der Waals surface area contributed by atoms with Crippen molar-refractivity contribution in [3.05, 3.63) is 23.3 Å². The zero-order valence-electron chi connectivity index (χ0n) is 10.5. The van der Waals surface area contributed by atoms with Gasteiger partial charge in [-0.1, -0.05) is 6.42 Å². The summed E-state index contributed by atoms with van der Waals surface area (Å²) in [7, 11) is 1.68. The summed E-state index contributed by atoms with van der Waals surface area (Å²) in [5.41, 5.74) is 9.71. The van der Waals surface area contributed by atoms with Crippen LogP contribution in [0.1, 0.15) is 36.2 Å². The number of ether oxygens (including phenoxy) is 1. The molecule has 0 spiro atoms. The van der Waals surface area contributed by atoms with Gasteiger partial charge in [-0.25, -0.2) is 9.97 Å². The van der Waals surface area contributed by atoms with Crippen LogP contribution >= 0.6 is 0 Å². The van der Waals surface area contributed by atoms with Crippen molar-refractivity contribution < 1.29 is 4.74 Å². The van der Waals surface area contributed by atoms with Crippen LogP contribution in [0.2, 0.25) is 0 Å². The third-order valence-corrected chi connectivity index (χ3v) is 3.30. The largest absolute Gasteiger partial charge is 0.383 e. The van der Waals surface area contributed by atoms with Gasteiger partial charge in [-0.2, -0.15) is 0 Å². The topological polar surface area (TPSA) is 61.0 Å². The second-order valence-corrected chi connectivity index (χ2v) is 4.73. The Morgan fingerprint density at radius 2 is 2.12 bits per heavy atom. The Labute approximate surface area is 103 Å². The van der Waals surface area contributed by atoms with Crippen molar-refractivity contribution in [3.8, 4) is 0 Å². The van der Waals surface area contributed by atoms with Crippen LogP contribution in [0.5, 0.6) is 0 Å². The van der Waals surface area contributed by atoms with Gasteiger partial charge in [0.2, 0.25) is 0 Å². The second-order valence-electron chi connectivity index (χ2n) is 4.73. The standard InChI is InChI=1S/C13H21N3O/c1-17-8-10(14)7-13-11-5-3-2-4-6-12(11)15-9-16-13/h9-10H,2-8,14H2,1H3. The third kappa shape index (κ3) is 3.23. The number of aromatic nitrogens is 2. The molecule has 4 heteroatoms. The molecule has 1 aromatic heterocycles. The highest BCUT2D eigenvalue weighted by molar-refractivity contribution is 5.26.